The highest BCUT2D eigenvalue weighted by Crippen LogP contribution is 2.35. The average molecular weight is 334 g/mol. The first-order valence-electron chi connectivity index (χ1n) is 6.14. The number of hydrogen-bond donors (Lipinski definition) is 1. The number of alkyl halides is 3. The molecule has 0 amide bonds. The second kappa shape index (κ2) is 6.26. The van der Waals surface area contributed by atoms with Crippen molar-refractivity contribution in [3.8, 4) is 0 Å². The molecule has 1 nitrogen and oxygen atoms in total. The van der Waals surface area contributed by atoms with E-state index in [1.54, 1.807) is 18.2 Å². The van der Waals surface area contributed by atoms with Gasteiger partial charge in [0.25, 0.3) is 0 Å². The van der Waals surface area contributed by atoms with Crippen molar-refractivity contribution in [3.63, 3.8) is 0 Å². The van der Waals surface area contributed by atoms with Crippen molar-refractivity contribution >= 4 is 23.2 Å². The van der Waals surface area contributed by atoms with Crippen LogP contribution in [0.3, 0.4) is 0 Å². The summed E-state index contributed by atoms with van der Waals surface area (Å²) in [6.07, 6.45) is -4.24. The fraction of sp³-hybridized carbons (Fsp3) is 0.200. The van der Waals surface area contributed by atoms with Crippen LogP contribution in [0.1, 0.15) is 22.7 Å². The molecule has 21 heavy (non-hydrogen) atoms. The summed E-state index contributed by atoms with van der Waals surface area (Å²) in [6, 6.07) is 9.33. The molecule has 112 valence electrons. The third-order valence-electron chi connectivity index (χ3n) is 3.12. The molecule has 0 fully saturated rings. The van der Waals surface area contributed by atoms with Gasteiger partial charge in [-0.1, -0.05) is 47.5 Å². The maximum atomic E-state index is 13.0. The second-order valence-corrected chi connectivity index (χ2v) is 5.47. The molecule has 0 aliphatic carbocycles. The van der Waals surface area contributed by atoms with Gasteiger partial charge >= 0.3 is 6.18 Å². The molecule has 2 N–H and O–H groups in total. The SMILES string of the molecule is NC(Cc1ccc(Cl)cc1Cl)c1ccccc1C(F)(F)F. The highest BCUT2D eigenvalue weighted by molar-refractivity contribution is 6.35. The Balaban J connectivity index is 2.31. The minimum absolute atomic E-state index is 0.0519. The Hall–Kier alpha value is -1.23. The van der Waals surface area contributed by atoms with Crippen LogP contribution in [-0.2, 0) is 12.6 Å². The van der Waals surface area contributed by atoms with E-state index in [1.165, 1.54) is 18.2 Å². The van der Waals surface area contributed by atoms with Gasteiger partial charge in [0.15, 0.2) is 0 Å². The summed E-state index contributed by atoms with van der Waals surface area (Å²) in [5.41, 5.74) is 5.93. The first-order chi connectivity index (χ1) is 9.79. The fourth-order valence-corrected chi connectivity index (χ4v) is 2.60. The molecule has 2 rings (SSSR count). The van der Waals surface area contributed by atoms with E-state index < -0.39 is 17.8 Å². The molecular formula is C15H12Cl2F3N. The summed E-state index contributed by atoms with van der Waals surface area (Å²) in [6.45, 7) is 0. The highest BCUT2D eigenvalue weighted by Gasteiger charge is 2.34. The van der Waals surface area contributed by atoms with Gasteiger partial charge in [-0.15, -0.1) is 0 Å². The van der Waals surface area contributed by atoms with Crippen molar-refractivity contribution in [2.24, 2.45) is 5.73 Å². The van der Waals surface area contributed by atoms with Crippen LogP contribution in [-0.4, -0.2) is 0 Å². The molecule has 0 saturated heterocycles. The van der Waals surface area contributed by atoms with Gasteiger partial charge in [-0.3, -0.25) is 0 Å². The van der Waals surface area contributed by atoms with Crippen LogP contribution >= 0.6 is 23.2 Å². The lowest BCUT2D eigenvalue weighted by atomic mass is 9.95. The van der Waals surface area contributed by atoms with E-state index in [4.69, 9.17) is 28.9 Å². The number of nitrogens with two attached hydrogens (primary N) is 1. The number of hydrogen-bond acceptors (Lipinski definition) is 1. The molecule has 0 aromatic heterocycles. The standard InChI is InChI=1S/C15H12Cl2F3N/c16-10-6-5-9(13(17)8-10)7-14(21)11-3-1-2-4-12(11)15(18,19)20/h1-6,8,14H,7,21H2. The van der Waals surface area contributed by atoms with E-state index in [-0.39, 0.29) is 12.0 Å². The van der Waals surface area contributed by atoms with Crippen molar-refractivity contribution in [2.45, 2.75) is 18.6 Å². The van der Waals surface area contributed by atoms with E-state index >= 15 is 0 Å². The van der Waals surface area contributed by atoms with E-state index in [1.807, 2.05) is 0 Å². The molecule has 2 aromatic carbocycles. The Bertz CT molecular complexity index is 641. The van der Waals surface area contributed by atoms with Crippen LogP contribution in [0.2, 0.25) is 10.0 Å². The van der Waals surface area contributed by atoms with Gasteiger partial charge < -0.3 is 5.73 Å². The molecule has 0 aliphatic heterocycles. The Kier molecular flexibility index (Phi) is 4.81. The minimum Gasteiger partial charge on any atom is -0.324 e. The number of halogens is 5. The van der Waals surface area contributed by atoms with E-state index in [2.05, 4.69) is 0 Å². The zero-order valence-electron chi connectivity index (χ0n) is 10.8. The van der Waals surface area contributed by atoms with Crippen LogP contribution in [0, 0.1) is 0 Å². The lowest BCUT2D eigenvalue weighted by Gasteiger charge is -2.18. The number of rotatable bonds is 3. The van der Waals surface area contributed by atoms with Gasteiger partial charge in [0.1, 0.15) is 0 Å². The summed E-state index contributed by atoms with van der Waals surface area (Å²) in [7, 11) is 0. The first-order valence-corrected chi connectivity index (χ1v) is 6.90. The molecule has 0 saturated carbocycles. The van der Waals surface area contributed by atoms with Gasteiger partial charge in [0.05, 0.1) is 5.56 Å². The van der Waals surface area contributed by atoms with Gasteiger partial charge in [-0.2, -0.15) is 13.2 Å². The van der Waals surface area contributed by atoms with Crippen molar-refractivity contribution in [3.05, 3.63) is 69.2 Å². The van der Waals surface area contributed by atoms with E-state index in [9.17, 15) is 13.2 Å². The monoisotopic (exact) mass is 333 g/mol. The van der Waals surface area contributed by atoms with Crippen molar-refractivity contribution in [1.82, 2.24) is 0 Å². The van der Waals surface area contributed by atoms with E-state index in [0.717, 1.165) is 6.07 Å². The second-order valence-electron chi connectivity index (χ2n) is 4.63. The Labute approximate surface area is 130 Å². The predicted molar refractivity (Wildman–Crippen MR) is 78.5 cm³/mol. The maximum absolute atomic E-state index is 13.0. The van der Waals surface area contributed by atoms with Gasteiger partial charge in [0, 0.05) is 16.1 Å². The average Bonchev–Trinajstić information content (AvgIpc) is 2.41. The normalized spacial score (nSPS) is 13.2. The Morgan fingerprint density at radius 2 is 1.71 bits per heavy atom. The van der Waals surface area contributed by atoms with Crippen molar-refractivity contribution < 1.29 is 13.2 Å². The molecule has 6 heteroatoms. The smallest absolute Gasteiger partial charge is 0.324 e. The predicted octanol–water partition coefficient (Wildman–Crippen LogP) is 5.25. The lowest BCUT2D eigenvalue weighted by Crippen LogP contribution is -2.19. The zero-order chi connectivity index (χ0) is 15.6. The molecule has 0 heterocycles. The largest absolute Gasteiger partial charge is 0.416 e. The summed E-state index contributed by atoms with van der Waals surface area (Å²) >= 11 is 11.8. The molecular weight excluding hydrogens is 322 g/mol. The van der Waals surface area contributed by atoms with Crippen LogP contribution in [0.15, 0.2) is 42.5 Å². The molecule has 2 aromatic rings. The Morgan fingerprint density at radius 3 is 2.33 bits per heavy atom. The van der Waals surface area contributed by atoms with Crippen molar-refractivity contribution in [2.75, 3.05) is 0 Å². The summed E-state index contributed by atoms with van der Waals surface area (Å²) in [4.78, 5) is 0. The third kappa shape index (κ3) is 3.90. The van der Waals surface area contributed by atoms with Gasteiger partial charge in [-0.25, -0.2) is 0 Å². The summed E-state index contributed by atoms with van der Waals surface area (Å²) in [5.74, 6) is 0. The van der Waals surface area contributed by atoms with Crippen molar-refractivity contribution in [1.29, 1.82) is 0 Å². The first kappa shape index (κ1) is 16.1. The molecule has 0 aliphatic rings. The minimum atomic E-state index is -4.43. The van der Waals surface area contributed by atoms with Gasteiger partial charge in [0.2, 0.25) is 0 Å². The molecule has 1 atom stereocenters. The Morgan fingerprint density at radius 1 is 1.05 bits per heavy atom. The number of benzene rings is 2. The molecule has 1 unspecified atom stereocenters. The summed E-state index contributed by atoms with van der Waals surface area (Å²) in [5, 5.41) is 0.857. The third-order valence-corrected chi connectivity index (χ3v) is 3.71. The lowest BCUT2D eigenvalue weighted by molar-refractivity contribution is -0.138. The van der Waals surface area contributed by atoms with Crippen LogP contribution in [0.25, 0.3) is 0 Å². The van der Waals surface area contributed by atoms with E-state index in [0.29, 0.717) is 15.6 Å². The van der Waals surface area contributed by atoms with Gasteiger partial charge in [-0.05, 0) is 35.7 Å². The summed E-state index contributed by atoms with van der Waals surface area (Å²) < 4.78 is 38.9. The fourth-order valence-electron chi connectivity index (χ4n) is 2.11. The topological polar surface area (TPSA) is 26.0 Å². The molecule has 0 spiro atoms. The maximum Gasteiger partial charge on any atom is 0.416 e. The molecule has 0 bridgehead atoms. The zero-order valence-corrected chi connectivity index (χ0v) is 12.3. The van der Waals surface area contributed by atoms with Crippen LogP contribution in [0.4, 0.5) is 13.2 Å². The molecule has 0 radical (unpaired) electrons. The quantitative estimate of drug-likeness (QED) is 0.815. The van der Waals surface area contributed by atoms with Crippen LogP contribution in [0.5, 0.6) is 0 Å². The highest BCUT2D eigenvalue weighted by atomic mass is 35.5. The van der Waals surface area contributed by atoms with Crippen LogP contribution < -0.4 is 5.73 Å².